The maximum Gasteiger partial charge on any atom is 0.243 e. The fourth-order valence-electron chi connectivity index (χ4n) is 1.52. The molecule has 0 fully saturated rings. The lowest BCUT2D eigenvalue weighted by Crippen LogP contribution is -2.21. The van der Waals surface area contributed by atoms with Gasteiger partial charge in [-0.3, -0.25) is 4.79 Å². The summed E-state index contributed by atoms with van der Waals surface area (Å²) in [6.07, 6.45) is 0. The molecule has 2 N–H and O–H groups in total. The highest BCUT2D eigenvalue weighted by Gasteiger charge is 2.03. The summed E-state index contributed by atoms with van der Waals surface area (Å²) < 4.78 is 13.4. The van der Waals surface area contributed by atoms with Crippen LogP contribution in [-0.2, 0) is 4.79 Å². The van der Waals surface area contributed by atoms with Crippen molar-refractivity contribution in [1.29, 1.82) is 0 Å². The number of amides is 1. The van der Waals surface area contributed by atoms with Gasteiger partial charge in [-0.15, -0.1) is 0 Å². The number of halogens is 2. The third-order valence-electron chi connectivity index (χ3n) is 2.43. The van der Waals surface area contributed by atoms with Crippen molar-refractivity contribution in [3.63, 3.8) is 0 Å². The molecule has 0 aliphatic carbocycles. The van der Waals surface area contributed by atoms with E-state index < -0.39 is 0 Å². The van der Waals surface area contributed by atoms with Gasteiger partial charge in [-0.05, 0) is 46.3 Å². The lowest BCUT2D eigenvalue weighted by atomic mass is 10.3. The van der Waals surface area contributed by atoms with Crippen LogP contribution in [0, 0.1) is 5.82 Å². The number of hydrogen-bond donors (Lipinski definition) is 2. The molecular weight excluding hydrogens is 311 g/mol. The summed E-state index contributed by atoms with van der Waals surface area (Å²) in [5, 5.41) is 5.67. The van der Waals surface area contributed by atoms with Gasteiger partial charge in [0.1, 0.15) is 5.82 Å². The smallest absolute Gasteiger partial charge is 0.243 e. The molecule has 0 heterocycles. The van der Waals surface area contributed by atoms with Crippen LogP contribution < -0.4 is 10.6 Å². The molecule has 0 aromatic heterocycles. The van der Waals surface area contributed by atoms with Crippen LogP contribution in [0.15, 0.2) is 53.0 Å². The first-order valence-corrected chi connectivity index (χ1v) is 6.48. The van der Waals surface area contributed by atoms with Crippen LogP contribution in [0.4, 0.5) is 15.8 Å². The van der Waals surface area contributed by atoms with E-state index in [0.717, 1.165) is 5.69 Å². The molecule has 5 heteroatoms. The number of hydrogen-bond acceptors (Lipinski definition) is 2. The zero-order valence-corrected chi connectivity index (χ0v) is 11.6. The normalized spacial score (nSPS) is 10.0. The summed E-state index contributed by atoms with van der Waals surface area (Å²) in [5.41, 5.74) is 1.42. The highest BCUT2D eigenvalue weighted by Crippen LogP contribution is 2.19. The Morgan fingerprint density at radius 1 is 1.11 bits per heavy atom. The molecule has 0 saturated heterocycles. The Bertz CT molecular complexity index is 575. The fourth-order valence-corrected chi connectivity index (χ4v) is 1.89. The Morgan fingerprint density at radius 3 is 2.53 bits per heavy atom. The summed E-state index contributed by atoms with van der Waals surface area (Å²) in [5.74, 6) is -0.495. The third-order valence-corrected chi connectivity index (χ3v) is 3.04. The summed E-state index contributed by atoms with van der Waals surface area (Å²) in [7, 11) is 0. The SMILES string of the molecule is O=C(CNc1ccc(F)c(Br)c1)Nc1ccccc1. The zero-order valence-electron chi connectivity index (χ0n) is 9.99. The van der Waals surface area contributed by atoms with E-state index in [1.807, 2.05) is 30.3 Å². The standard InChI is InChI=1S/C14H12BrFN2O/c15-12-8-11(6-7-13(12)16)17-9-14(19)18-10-4-2-1-3-5-10/h1-8,17H,9H2,(H,18,19). The van der Waals surface area contributed by atoms with Crippen LogP contribution in [0.3, 0.4) is 0 Å². The maximum atomic E-state index is 13.0. The maximum absolute atomic E-state index is 13.0. The van der Waals surface area contributed by atoms with E-state index >= 15 is 0 Å². The minimum atomic E-state index is -0.334. The monoisotopic (exact) mass is 322 g/mol. The predicted molar refractivity (Wildman–Crippen MR) is 77.7 cm³/mol. The molecule has 3 nitrogen and oxygen atoms in total. The lowest BCUT2D eigenvalue weighted by Gasteiger charge is -2.08. The quantitative estimate of drug-likeness (QED) is 0.902. The Balaban J connectivity index is 1.88. The van der Waals surface area contributed by atoms with Gasteiger partial charge in [0.25, 0.3) is 0 Å². The van der Waals surface area contributed by atoms with Crippen LogP contribution in [0.2, 0.25) is 0 Å². The second kappa shape index (κ2) is 6.33. The first-order valence-electron chi connectivity index (χ1n) is 5.69. The van der Waals surface area contributed by atoms with Crippen LogP contribution in [0.25, 0.3) is 0 Å². The molecular formula is C14H12BrFN2O. The molecule has 0 unspecified atom stereocenters. The van der Waals surface area contributed by atoms with Gasteiger partial charge >= 0.3 is 0 Å². The predicted octanol–water partition coefficient (Wildman–Crippen LogP) is 3.64. The molecule has 2 aromatic carbocycles. The molecule has 1 amide bonds. The van der Waals surface area contributed by atoms with Gasteiger partial charge in [-0.25, -0.2) is 4.39 Å². The average molecular weight is 323 g/mol. The van der Waals surface area contributed by atoms with E-state index in [2.05, 4.69) is 26.6 Å². The number of carbonyl (C=O) groups is 1. The minimum Gasteiger partial charge on any atom is -0.376 e. The van der Waals surface area contributed by atoms with Crippen LogP contribution in [0.1, 0.15) is 0 Å². The highest BCUT2D eigenvalue weighted by atomic mass is 79.9. The minimum absolute atomic E-state index is 0.118. The van der Waals surface area contributed by atoms with E-state index in [1.54, 1.807) is 12.1 Å². The van der Waals surface area contributed by atoms with Gasteiger partial charge in [0.05, 0.1) is 11.0 Å². The van der Waals surface area contributed by atoms with E-state index in [9.17, 15) is 9.18 Å². The zero-order chi connectivity index (χ0) is 13.7. The van der Waals surface area contributed by atoms with Crippen molar-refractivity contribution in [1.82, 2.24) is 0 Å². The van der Waals surface area contributed by atoms with Crippen molar-refractivity contribution in [2.75, 3.05) is 17.2 Å². The molecule has 0 bridgehead atoms. The van der Waals surface area contributed by atoms with E-state index in [1.165, 1.54) is 6.07 Å². The van der Waals surface area contributed by atoms with Crippen molar-refractivity contribution in [3.05, 3.63) is 58.8 Å². The number of nitrogens with one attached hydrogen (secondary N) is 2. The van der Waals surface area contributed by atoms with Gasteiger partial charge in [-0.1, -0.05) is 18.2 Å². The number of para-hydroxylation sites is 1. The second-order valence-electron chi connectivity index (χ2n) is 3.90. The van der Waals surface area contributed by atoms with E-state index in [4.69, 9.17) is 0 Å². The average Bonchev–Trinajstić information content (AvgIpc) is 2.41. The summed E-state index contributed by atoms with van der Waals surface area (Å²) in [4.78, 5) is 11.7. The lowest BCUT2D eigenvalue weighted by molar-refractivity contribution is -0.114. The van der Waals surface area contributed by atoms with Crippen molar-refractivity contribution >= 4 is 33.2 Å². The highest BCUT2D eigenvalue weighted by molar-refractivity contribution is 9.10. The van der Waals surface area contributed by atoms with E-state index in [-0.39, 0.29) is 18.3 Å². The number of benzene rings is 2. The third kappa shape index (κ3) is 4.06. The van der Waals surface area contributed by atoms with Gasteiger partial charge in [0, 0.05) is 11.4 Å². The topological polar surface area (TPSA) is 41.1 Å². The molecule has 19 heavy (non-hydrogen) atoms. The van der Waals surface area contributed by atoms with Crippen LogP contribution in [-0.4, -0.2) is 12.5 Å². The summed E-state index contributed by atoms with van der Waals surface area (Å²) in [6, 6.07) is 13.7. The van der Waals surface area contributed by atoms with Crippen molar-refractivity contribution in [3.8, 4) is 0 Å². The number of rotatable bonds is 4. The van der Waals surface area contributed by atoms with Crippen molar-refractivity contribution < 1.29 is 9.18 Å². The first kappa shape index (κ1) is 13.5. The largest absolute Gasteiger partial charge is 0.376 e. The molecule has 0 aliphatic heterocycles. The molecule has 0 spiro atoms. The van der Waals surface area contributed by atoms with Crippen molar-refractivity contribution in [2.45, 2.75) is 0 Å². The van der Waals surface area contributed by atoms with Gasteiger partial charge < -0.3 is 10.6 Å². The van der Waals surface area contributed by atoms with Gasteiger partial charge in [0.2, 0.25) is 5.91 Å². The molecule has 2 aromatic rings. The Hall–Kier alpha value is -1.88. The summed E-state index contributed by atoms with van der Waals surface area (Å²) in [6.45, 7) is 0.118. The fraction of sp³-hybridized carbons (Fsp3) is 0.0714. The number of anilines is 2. The van der Waals surface area contributed by atoms with Gasteiger partial charge in [-0.2, -0.15) is 0 Å². The molecule has 2 rings (SSSR count). The molecule has 0 aliphatic rings. The molecule has 0 atom stereocenters. The van der Waals surface area contributed by atoms with Crippen LogP contribution in [0.5, 0.6) is 0 Å². The van der Waals surface area contributed by atoms with Crippen molar-refractivity contribution in [2.24, 2.45) is 0 Å². The molecule has 0 radical (unpaired) electrons. The second-order valence-corrected chi connectivity index (χ2v) is 4.75. The Labute approximate surface area is 119 Å². The van der Waals surface area contributed by atoms with Crippen LogP contribution >= 0.6 is 15.9 Å². The Morgan fingerprint density at radius 2 is 1.84 bits per heavy atom. The first-order chi connectivity index (χ1) is 9.15. The van der Waals surface area contributed by atoms with Gasteiger partial charge in [0.15, 0.2) is 0 Å². The number of carbonyl (C=O) groups excluding carboxylic acids is 1. The van der Waals surface area contributed by atoms with E-state index in [0.29, 0.717) is 10.2 Å². The summed E-state index contributed by atoms with van der Waals surface area (Å²) >= 11 is 3.09. The Kier molecular flexibility index (Phi) is 4.52. The molecule has 0 saturated carbocycles. The molecule has 98 valence electrons.